The van der Waals surface area contributed by atoms with E-state index in [1.165, 1.54) is 11.4 Å². The number of rotatable bonds is 5. The van der Waals surface area contributed by atoms with Crippen LogP contribution in [0.3, 0.4) is 0 Å². The molecule has 0 saturated carbocycles. The smallest absolute Gasteiger partial charge is 0.0364 e. The zero-order chi connectivity index (χ0) is 9.40. The Labute approximate surface area is 75.8 Å². The van der Waals surface area contributed by atoms with Gasteiger partial charge < -0.3 is 5.32 Å². The van der Waals surface area contributed by atoms with Crippen LogP contribution in [-0.2, 0) is 0 Å². The molecule has 0 bridgehead atoms. The van der Waals surface area contributed by atoms with Crippen LogP contribution in [-0.4, -0.2) is 19.3 Å². The lowest BCUT2D eigenvalue weighted by Gasteiger charge is -2.03. The molecule has 0 amide bonds. The molecule has 0 rings (SSSR count). The van der Waals surface area contributed by atoms with Crippen molar-refractivity contribution in [2.75, 3.05) is 13.6 Å². The lowest BCUT2D eigenvalue weighted by Crippen LogP contribution is -2.07. The SMILES string of the molecule is CC/N=C(/C=C(/CC)NC)CC. The number of aliphatic imine (C=N–C) groups is 1. The number of nitrogens with one attached hydrogen (secondary N) is 1. The van der Waals surface area contributed by atoms with Gasteiger partial charge >= 0.3 is 0 Å². The molecule has 1 N–H and O–H groups in total. The molecule has 2 nitrogen and oxygen atoms in total. The van der Waals surface area contributed by atoms with Gasteiger partial charge in [-0.25, -0.2) is 0 Å². The fourth-order valence-electron chi connectivity index (χ4n) is 1.01. The van der Waals surface area contributed by atoms with E-state index in [0.717, 1.165) is 19.4 Å². The first-order valence-corrected chi connectivity index (χ1v) is 4.70. The van der Waals surface area contributed by atoms with Gasteiger partial charge in [0, 0.05) is 25.0 Å². The zero-order valence-electron chi connectivity index (χ0n) is 8.65. The van der Waals surface area contributed by atoms with Crippen molar-refractivity contribution in [3.63, 3.8) is 0 Å². The van der Waals surface area contributed by atoms with Crippen molar-refractivity contribution < 1.29 is 0 Å². The van der Waals surface area contributed by atoms with Gasteiger partial charge in [-0.15, -0.1) is 0 Å². The van der Waals surface area contributed by atoms with E-state index in [-0.39, 0.29) is 0 Å². The van der Waals surface area contributed by atoms with Crippen molar-refractivity contribution in [2.45, 2.75) is 33.6 Å². The molecule has 0 fully saturated rings. The van der Waals surface area contributed by atoms with Gasteiger partial charge in [0.1, 0.15) is 0 Å². The molecule has 70 valence electrons. The summed E-state index contributed by atoms with van der Waals surface area (Å²) in [5, 5.41) is 3.16. The molecule has 0 unspecified atom stereocenters. The van der Waals surface area contributed by atoms with Crippen LogP contribution in [0.1, 0.15) is 33.6 Å². The van der Waals surface area contributed by atoms with Crippen LogP contribution in [0, 0.1) is 0 Å². The van der Waals surface area contributed by atoms with Gasteiger partial charge in [0.25, 0.3) is 0 Å². The molecule has 0 aromatic heterocycles. The van der Waals surface area contributed by atoms with Crippen LogP contribution in [0.2, 0.25) is 0 Å². The van der Waals surface area contributed by atoms with E-state index in [1.807, 2.05) is 7.05 Å². The predicted octanol–water partition coefficient (Wildman–Crippen LogP) is 2.37. The Morgan fingerprint density at radius 3 is 2.25 bits per heavy atom. The summed E-state index contributed by atoms with van der Waals surface area (Å²) in [6, 6.07) is 0. The normalized spacial score (nSPS) is 13.3. The van der Waals surface area contributed by atoms with E-state index >= 15 is 0 Å². The fourth-order valence-corrected chi connectivity index (χ4v) is 1.01. The van der Waals surface area contributed by atoms with E-state index in [0.29, 0.717) is 0 Å². The quantitative estimate of drug-likeness (QED) is 0.626. The molecule has 0 saturated heterocycles. The highest BCUT2D eigenvalue weighted by atomic mass is 14.8. The first-order chi connectivity index (χ1) is 5.78. The lowest BCUT2D eigenvalue weighted by atomic mass is 10.2. The third-order valence-corrected chi connectivity index (χ3v) is 1.77. The van der Waals surface area contributed by atoms with E-state index < -0.39 is 0 Å². The number of allylic oxidation sites excluding steroid dienone is 2. The predicted molar refractivity (Wildman–Crippen MR) is 55.7 cm³/mol. The van der Waals surface area contributed by atoms with E-state index in [4.69, 9.17) is 0 Å². The van der Waals surface area contributed by atoms with Gasteiger partial charge in [-0.3, -0.25) is 4.99 Å². The number of hydrogen-bond acceptors (Lipinski definition) is 2. The average molecular weight is 168 g/mol. The Balaban J connectivity index is 4.32. The van der Waals surface area contributed by atoms with Crippen molar-refractivity contribution >= 4 is 5.71 Å². The van der Waals surface area contributed by atoms with Gasteiger partial charge in [-0.2, -0.15) is 0 Å². The molecule has 0 aromatic carbocycles. The van der Waals surface area contributed by atoms with Crippen LogP contribution in [0.25, 0.3) is 0 Å². The Bertz CT molecular complexity index is 163. The molecule has 0 aliphatic heterocycles. The highest BCUT2D eigenvalue weighted by Gasteiger charge is 1.93. The van der Waals surface area contributed by atoms with Crippen molar-refractivity contribution in [2.24, 2.45) is 4.99 Å². The molecule has 0 aliphatic rings. The Morgan fingerprint density at radius 2 is 1.92 bits per heavy atom. The zero-order valence-corrected chi connectivity index (χ0v) is 8.65. The summed E-state index contributed by atoms with van der Waals surface area (Å²) >= 11 is 0. The highest BCUT2D eigenvalue weighted by molar-refractivity contribution is 5.95. The van der Waals surface area contributed by atoms with E-state index in [2.05, 4.69) is 37.2 Å². The van der Waals surface area contributed by atoms with Crippen LogP contribution in [0.15, 0.2) is 16.8 Å². The molecule has 0 aromatic rings. The standard InChI is InChI=1S/C10H20N2/c1-5-9(11-4)8-10(6-2)12-7-3/h8,11H,5-7H2,1-4H3/b9-8-,12-10+. The monoisotopic (exact) mass is 168 g/mol. The van der Waals surface area contributed by atoms with Gasteiger partial charge in [-0.05, 0) is 25.8 Å². The van der Waals surface area contributed by atoms with Gasteiger partial charge in [0.2, 0.25) is 0 Å². The van der Waals surface area contributed by atoms with Crippen molar-refractivity contribution in [1.29, 1.82) is 0 Å². The molecule has 0 spiro atoms. The molecular weight excluding hydrogens is 148 g/mol. The molecule has 0 aliphatic carbocycles. The minimum Gasteiger partial charge on any atom is -0.391 e. The van der Waals surface area contributed by atoms with Crippen LogP contribution in [0.5, 0.6) is 0 Å². The maximum Gasteiger partial charge on any atom is 0.0364 e. The Morgan fingerprint density at radius 1 is 1.25 bits per heavy atom. The minimum absolute atomic E-state index is 0.875. The van der Waals surface area contributed by atoms with Gasteiger partial charge in [0.05, 0.1) is 0 Å². The summed E-state index contributed by atoms with van der Waals surface area (Å²) in [6.07, 6.45) is 4.20. The van der Waals surface area contributed by atoms with E-state index in [9.17, 15) is 0 Å². The third kappa shape index (κ3) is 4.16. The summed E-state index contributed by atoms with van der Waals surface area (Å²) in [4.78, 5) is 4.38. The van der Waals surface area contributed by atoms with Crippen molar-refractivity contribution in [1.82, 2.24) is 5.32 Å². The average Bonchev–Trinajstić information content (AvgIpc) is 2.12. The molecule has 12 heavy (non-hydrogen) atoms. The van der Waals surface area contributed by atoms with Crippen LogP contribution < -0.4 is 5.32 Å². The summed E-state index contributed by atoms with van der Waals surface area (Å²) in [5.74, 6) is 0. The molecule has 0 heterocycles. The van der Waals surface area contributed by atoms with Gasteiger partial charge in [-0.1, -0.05) is 13.8 Å². The lowest BCUT2D eigenvalue weighted by molar-refractivity contribution is 0.901. The topological polar surface area (TPSA) is 24.4 Å². The number of hydrogen-bond donors (Lipinski definition) is 1. The fraction of sp³-hybridized carbons (Fsp3) is 0.700. The molecule has 0 radical (unpaired) electrons. The van der Waals surface area contributed by atoms with Gasteiger partial charge in [0.15, 0.2) is 0 Å². The van der Waals surface area contributed by atoms with E-state index in [1.54, 1.807) is 0 Å². The summed E-state index contributed by atoms with van der Waals surface area (Å²) < 4.78 is 0. The summed E-state index contributed by atoms with van der Waals surface area (Å²) in [7, 11) is 1.95. The summed E-state index contributed by atoms with van der Waals surface area (Å²) in [6.45, 7) is 7.21. The van der Waals surface area contributed by atoms with Crippen LogP contribution >= 0.6 is 0 Å². The second-order valence-corrected chi connectivity index (χ2v) is 2.59. The first kappa shape index (κ1) is 11.2. The maximum absolute atomic E-state index is 4.38. The second kappa shape index (κ2) is 6.89. The highest BCUT2D eigenvalue weighted by Crippen LogP contribution is 1.98. The maximum atomic E-state index is 4.38. The number of nitrogens with zero attached hydrogens (tertiary/aromatic N) is 1. The minimum atomic E-state index is 0.875. The molecule has 2 heteroatoms. The Kier molecular flexibility index (Phi) is 6.44. The second-order valence-electron chi connectivity index (χ2n) is 2.59. The van der Waals surface area contributed by atoms with Crippen molar-refractivity contribution in [3.05, 3.63) is 11.8 Å². The molecular formula is C10H20N2. The third-order valence-electron chi connectivity index (χ3n) is 1.77. The molecule has 0 atom stereocenters. The Hall–Kier alpha value is -0.790. The van der Waals surface area contributed by atoms with Crippen molar-refractivity contribution in [3.8, 4) is 0 Å². The summed E-state index contributed by atoms with van der Waals surface area (Å²) in [5.41, 5.74) is 2.44. The first-order valence-electron chi connectivity index (χ1n) is 4.70. The largest absolute Gasteiger partial charge is 0.391 e. The van der Waals surface area contributed by atoms with Crippen LogP contribution in [0.4, 0.5) is 0 Å².